The van der Waals surface area contributed by atoms with Crippen LogP contribution in [0.3, 0.4) is 0 Å². The molecule has 0 fully saturated rings. The van der Waals surface area contributed by atoms with Gasteiger partial charge in [-0.25, -0.2) is 23.1 Å². The second-order valence-electron chi connectivity index (χ2n) is 6.10. The summed E-state index contributed by atoms with van der Waals surface area (Å²) in [6.45, 7) is 0.0879. The molecule has 0 unspecified atom stereocenters. The first-order chi connectivity index (χ1) is 12.8. The Morgan fingerprint density at radius 2 is 1.56 bits per heavy atom. The molecule has 0 radical (unpaired) electrons. The first-order valence-electron chi connectivity index (χ1n) is 8.20. The van der Waals surface area contributed by atoms with Crippen LogP contribution in [0.2, 0.25) is 5.02 Å². The van der Waals surface area contributed by atoms with Crippen molar-refractivity contribution in [1.82, 2.24) is 14.7 Å². The van der Waals surface area contributed by atoms with Crippen molar-refractivity contribution in [2.45, 2.75) is 11.4 Å². The summed E-state index contributed by atoms with van der Waals surface area (Å²) in [5.74, 6) is 0.527. The van der Waals surface area contributed by atoms with Gasteiger partial charge in [-0.1, -0.05) is 35.9 Å². The van der Waals surface area contributed by atoms with E-state index >= 15 is 0 Å². The van der Waals surface area contributed by atoms with Crippen LogP contribution in [0.5, 0.6) is 0 Å². The molecule has 1 N–H and O–H groups in total. The molecule has 1 aromatic heterocycles. The number of rotatable bonds is 6. The molecule has 8 heteroatoms. The summed E-state index contributed by atoms with van der Waals surface area (Å²) >= 11 is 5.90. The van der Waals surface area contributed by atoms with Crippen LogP contribution in [-0.4, -0.2) is 32.5 Å². The Morgan fingerprint density at radius 3 is 2.15 bits per heavy atom. The molecule has 0 spiro atoms. The number of sulfonamides is 1. The maximum Gasteiger partial charge on any atom is 0.240 e. The fourth-order valence-corrected chi connectivity index (χ4v) is 3.54. The highest BCUT2D eigenvalue weighted by molar-refractivity contribution is 7.89. The Morgan fingerprint density at radius 1 is 0.963 bits per heavy atom. The molecular formula is C19H19ClN4O2S. The van der Waals surface area contributed by atoms with Gasteiger partial charge in [-0.3, -0.25) is 0 Å². The van der Waals surface area contributed by atoms with Gasteiger partial charge in [0.25, 0.3) is 0 Å². The molecule has 3 rings (SSSR count). The van der Waals surface area contributed by atoms with Gasteiger partial charge in [0.1, 0.15) is 0 Å². The zero-order chi connectivity index (χ0) is 19.4. The van der Waals surface area contributed by atoms with Crippen molar-refractivity contribution in [2.75, 3.05) is 19.0 Å². The number of anilines is 1. The number of nitrogens with one attached hydrogen (secondary N) is 1. The Hall–Kier alpha value is -2.48. The lowest BCUT2D eigenvalue weighted by molar-refractivity contribution is 0.580. The van der Waals surface area contributed by atoms with Crippen LogP contribution >= 0.6 is 11.6 Å². The monoisotopic (exact) mass is 402 g/mol. The van der Waals surface area contributed by atoms with E-state index in [1.807, 2.05) is 26.2 Å². The second kappa shape index (κ2) is 8.04. The smallest absolute Gasteiger partial charge is 0.240 e. The summed E-state index contributed by atoms with van der Waals surface area (Å²) in [6.07, 6.45) is 1.60. The standard InChI is InChI=1S/C19H19ClN4O2S/c1-24(2)19-21-12-11-17(23-19)13-22-27(25,26)18-9-5-15(6-10-18)14-3-7-16(20)8-4-14/h3-12,22H,13H2,1-2H3. The number of halogens is 1. The van der Waals surface area contributed by atoms with Gasteiger partial charge >= 0.3 is 0 Å². The third kappa shape index (κ3) is 4.82. The highest BCUT2D eigenvalue weighted by Crippen LogP contribution is 2.23. The van der Waals surface area contributed by atoms with Gasteiger partial charge in [0, 0.05) is 25.3 Å². The molecule has 2 aromatic carbocycles. The van der Waals surface area contributed by atoms with Crippen LogP contribution in [-0.2, 0) is 16.6 Å². The van der Waals surface area contributed by atoms with Crippen LogP contribution in [0.4, 0.5) is 5.95 Å². The van der Waals surface area contributed by atoms with Crippen LogP contribution in [0.15, 0.2) is 65.7 Å². The maximum absolute atomic E-state index is 12.5. The molecule has 0 atom stereocenters. The van der Waals surface area contributed by atoms with Crippen LogP contribution in [0, 0.1) is 0 Å². The van der Waals surface area contributed by atoms with Gasteiger partial charge in [-0.15, -0.1) is 0 Å². The SMILES string of the molecule is CN(C)c1nccc(CNS(=O)(=O)c2ccc(-c3ccc(Cl)cc3)cc2)n1. The molecule has 0 saturated carbocycles. The molecule has 6 nitrogen and oxygen atoms in total. The quantitative estimate of drug-likeness (QED) is 0.684. The molecule has 0 saturated heterocycles. The van der Waals surface area contributed by atoms with E-state index in [4.69, 9.17) is 11.6 Å². The zero-order valence-corrected chi connectivity index (χ0v) is 16.5. The lowest BCUT2D eigenvalue weighted by Gasteiger charge is -2.11. The van der Waals surface area contributed by atoms with Crippen molar-refractivity contribution in [2.24, 2.45) is 0 Å². The molecule has 0 aliphatic carbocycles. The van der Waals surface area contributed by atoms with Crippen molar-refractivity contribution in [1.29, 1.82) is 0 Å². The Balaban J connectivity index is 1.73. The van der Waals surface area contributed by atoms with E-state index in [-0.39, 0.29) is 11.4 Å². The number of hydrogen-bond acceptors (Lipinski definition) is 5. The van der Waals surface area contributed by atoms with Gasteiger partial charge in [-0.2, -0.15) is 0 Å². The molecule has 0 amide bonds. The minimum Gasteiger partial charge on any atom is -0.347 e. The number of nitrogens with zero attached hydrogens (tertiary/aromatic N) is 3. The van der Waals surface area contributed by atoms with E-state index in [1.54, 1.807) is 53.6 Å². The summed E-state index contributed by atoms with van der Waals surface area (Å²) in [5.41, 5.74) is 2.47. The molecule has 0 aliphatic rings. The molecular weight excluding hydrogens is 384 g/mol. The summed E-state index contributed by atoms with van der Waals surface area (Å²) in [7, 11) is 0.00749. The fraction of sp³-hybridized carbons (Fsp3) is 0.158. The summed E-state index contributed by atoms with van der Waals surface area (Å²) in [5, 5.41) is 0.657. The molecule has 27 heavy (non-hydrogen) atoms. The third-order valence-corrected chi connectivity index (χ3v) is 5.56. The van der Waals surface area contributed by atoms with Gasteiger partial charge in [0.15, 0.2) is 0 Å². The van der Waals surface area contributed by atoms with Crippen molar-refractivity contribution in [3.63, 3.8) is 0 Å². The molecule has 3 aromatic rings. The maximum atomic E-state index is 12.5. The number of hydrogen-bond donors (Lipinski definition) is 1. The average Bonchev–Trinajstić information content (AvgIpc) is 2.67. The Bertz CT molecular complexity index is 1020. The Kier molecular flexibility index (Phi) is 5.74. The van der Waals surface area contributed by atoms with Crippen molar-refractivity contribution < 1.29 is 8.42 Å². The largest absolute Gasteiger partial charge is 0.347 e. The van der Waals surface area contributed by atoms with E-state index in [2.05, 4.69) is 14.7 Å². The third-order valence-electron chi connectivity index (χ3n) is 3.89. The number of aromatic nitrogens is 2. The fourth-order valence-electron chi connectivity index (χ4n) is 2.42. The summed E-state index contributed by atoms with van der Waals surface area (Å²) in [4.78, 5) is 10.4. The first kappa shape index (κ1) is 19.3. The molecule has 1 heterocycles. The van der Waals surface area contributed by atoms with Crippen LogP contribution < -0.4 is 9.62 Å². The topological polar surface area (TPSA) is 75.2 Å². The number of benzene rings is 2. The predicted octanol–water partition coefficient (Wildman–Crippen LogP) is 3.34. The van der Waals surface area contributed by atoms with Crippen LogP contribution in [0.25, 0.3) is 11.1 Å². The highest BCUT2D eigenvalue weighted by Gasteiger charge is 2.14. The van der Waals surface area contributed by atoms with Gasteiger partial charge in [-0.05, 0) is 41.5 Å². The normalized spacial score (nSPS) is 11.4. The van der Waals surface area contributed by atoms with Crippen molar-refractivity contribution >= 4 is 27.6 Å². The molecule has 0 aliphatic heterocycles. The van der Waals surface area contributed by atoms with Gasteiger partial charge < -0.3 is 4.90 Å². The van der Waals surface area contributed by atoms with E-state index < -0.39 is 10.0 Å². The van der Waals surface area contributed by atoms with E-state index in [9.17, 15) is 8.42 Å². The van der Waals surface area contributed by atoms with E-state index in [0.717, 1.165) is 11.1 Å². The minimum absolute atomic E-state index is 0.0879. The lowest BCUT2D eigenvalue weighted by Crippen LogP contribution is -2.24. The van der Waals surface area contributed by atoms with E-state index in [1.165, 1.54) is 0 Å². The van der Waals surface area contributed by atoms with Crippen LogP contribution in [0.1, 0.15) is 5.69 Å². The lowest BCUT2D eigenvalue weighted by atomic mass is 10.1. The first-order valence-corrected chi connectivity index (χ1v) is 10.1. The average molecular weight is 403 g/mol. The second-order valence-corrected chi connectivity index (χ2v) is 8.30. The summed E-state index contributed by atoms with van der Waals surface area (Å²) in [6, 6.07) is 15.8. The predicted molar refractivity (Wildman–Crippen MR) is 107 cm³/mol. The minimum atomic E-state index is -3.64. The van der Waals surface area contributed by atoms with Gasteiger partial charge in [0.2, 0.25) is 16.0 Å². The zero-order valence-electron chi connectivity index (χ0n) is 14.9. The van der Waals surface area contributed by atoms with Crippen molar-refractivity contribution in [3.05, 3.63) is 71.5 Å². The van der Waals surface area contributed by atoms with E-state index in [0.29, 0.717) is 16.7 Å². The highest BCUT2D eigenvalue weighted by atomic mass is 35.5. The van der Waals surface area contributed by atoms with Gasteiger partial charge in [0.05, 0.1) is 17.1 Å². The van der Waals surface area contributed by atoms with Crippen molar-refractivity contribution in [3.8, 4) is 11.1 Å². The summed E-state index contributed by atoms with van der Waals surface area (Å²) < 4.78 is 27.6. The molecule has 140 valence electrons. The Labute approximate surface area is 163 Å². The molecule has 0 bridgehead atoms.